The van der Waals surface area contributed by atoms with Gasteiger partial charge in [-0.2, -0.15) is 0 Å². The highest BCUT2D eigenvalue weighted by Crippen LogP contribution is 2.13. The van der Waals surface area contributed by atoms with Crippen molar-refractivity contribution in [1.29, 1.82) is 0 Å². The number of hydrogen-bond acceptors (Lipinski definition) is 3. The fraction of sp³-hybridized carbons (Fsp3) is 0.438. The number of carboxylic acid groups (broad SMARTS) is 1. The van der Waals surface area contributed by atoms with Gasteiger partial charge in [-0.15, -0.1) is 0 Å². The molecule has 22 heavy (non-hydrogen) atoms. The van der Waals surface area contributed by atoms with Crippen molar-refractivity contribution in [1.82, 2.24) is 10.6 Å². The second kappa shape index (κ2) is 9.55. The van der Waals surface area contributed by atoms with Crippen molar-refractivity contribution in [2.24, 2.45) is 0 Å². The Hall–Kier alpha value is -2.37. The lowest BCUT2D eigenvalue weighted by Gasteiger charge is -2.14. The van der Waals surface area contributed by atoms with Gasteiger partial charge in [-0.1, -0.05) is 37.3 Å². The number of amides is 2. The van der Waals surface area contributed by atoms with Gasteiger partial charge in [0.25, 0.3) is 0 Å². The number of nitrogens with one attached hydrogen (secondary N) is 2. The molecule has 0 aliphatic carbocycles. The van der Waals surface area contributed by atoms with E-state index in [0.717, 1.165) is 6.42 Å². The van der Waals surface area contributed by atoms with E-state index in [4.69, 9.17) is 0 Å². The van der Waals surface area contributed by atoms with Crippen molar-refractivity contribution in [2.45, 2.75) is 38.6 Å². The minimum atomic E-state index is -1.11. The second-order valence-electron chi connectivity index (χ2n) is 4.95. The van der Waals surface area contributed by atoms with Crippen LogP contribution in [-0.2, 0) is 14.4 Å². The lowest BCUT2D eigenvalue weighted by molar-refractivity contribution is -0.142. The molecule has 0 aliphatic rings. The summed E-state index contributed by atoms with van der Waals surface area (Å²) in [7, 11) is 0. The van der Waals surface area contributed by atoms with Gasteiger partial charge in [-0.05, 0) is 18.4 Å². The van der Waals surface area contributed by atoms with Gasteiger partial charge in [0.1, 0.15) is 0 Å². The van der Waals surface area contributed by atoms with Crippen molar-refractivity contribution >= 4 is 17.8 Å². The molecule has 0 aliphatic heterocycles. The minimum Gasteiger partial charge on any atom is -0.479 e. The van der Waals surface area contributed by atoms with E-state index >= 15 is 0 Å². The number of carboxylic acids is 1. The van der Waals surface area contributed by atoms with Crippen LogP contribution in [0.5, 0.6) is 0 Å². The third kappa shape index (κ3) is 6.39. The van der Waals surface area contributed by atoms with Crippen molar-refractivity contribution in [3.05, 3.63) is 35.9 Å². The van der Waals surface area contributed by atoms with Gasteiger partial charge in [0.15, 0.2) is 6.04 Å². The highest BCUT2D eigenvalue weighted by molar-refractivity contribution is 5.85. The molecule has 1 atom stereocenters. The first-order valence-corrected chi connectivity index (χ1v) is 7.38. The van der Waals surface area contributed by atoms with Gasteiger partial charge in [-0.25, -0.2) is 4.79 Å². The van der Waals surface area contributed by atoms with E-state index < -0.39 is 12.0 Å². The number of carbonyl (C=O) groups excluding carboxylic acids is 2. The molecule has 0 saturated heterocycles. The van der Waals surface area contributed by atoms with E-state index in [1.54, 1.807) is 30.3 Å². The lowest BCUT2D eigenvalue weighted by atomic mass is 10.1. The van der Waals surface area contributed by atoms with Gasteiger partial charge >= 0.3 is 5.97 Å². The number of benzene rings is 1. The Kier molecular flexibility index (Phi) is 7.67. The topological polar surface area (TPSA) is 95.5 Å². The molecule has 120 valence electrons. The third-order valence-corrected chi connectivity index (χ3v) is 3.07. The summed E-state index contributed by atoms with van der Waals surface area (Å²) >= 11 is 0. The summed E-state index contributed by atoms with van der Waals surface area (Å²) in [6.07, 6.45) is 1.64. The molecular formula is C16H22N2O4. The van der Waals surface area contributed by atoms with Crippen LogP contribution in [0.3, 0.4) is 0 Å². The molecule has 0 heterocycles. The molecule has 0 radical (unpaired) electrons. The fourth-order valence-electron chi connectivity index (χ4n) is 1.93. The maximum atomic E-state index is 11.8. The molecule has 0 aromatic heterocycles. The molecule has 2 amide bonds. The number of aliphatic carboxylic acids is 1. The average Bonchev–Trinajstić information content (AvgIpc) is 2.51. The molecule has 0 fully saturated rings. The standard InChI is InChI=1S/C16H22N2O4/c1-2-11-17-13(19)9-6-10-14(20)18-15(16(21)22)12-7-4-3-5-8-12/h3-5,7-8,15H,2,6,9-11H2,1H3,(H,17,19)(H,18,20)(H,21,22). The first kappa shape index (κ1) is 17.7. The molecule has 1 rings (SSSR count). The summed E-state index contributed by atoms with van der Waals surface area (Å²) in [5.41, 5.74) is 0.518. The first-order valence-electron chi connectivity index (χ1n) is 7.38. The van der Waals surface area contributed by atoms with Crippen molar-refractivity contribution in [3.63, 3.8) is 0 Å². The Bertz CT molecular complexity index is 502. The Balaban J connectivity index is 2.42. The zero-order valence-corrected chi connectivity index (χ0v) is 12.7. The van der Waals surface area contributed by atoms with E-state index in [1.807, 2.05) is 6.92 Å². The Morgan fingerprint density at radius 3 is 2.32 bits per heavy atom. The predicted octanol–water partition coefficient (Wildman–Crippen LogP) is 1.62. The van der Waals surface area contributed by atoms with Crippen LogP contribution in [0.4, 0.5) is 0 Å². The zero-order valence-electron chi connectivity index (χ0n) is 12.7. The number of rotatable bonds is 9. The summed E-state index contributed by atoms with van der Waals surface area (Å²) in [5, 5.41) is 14.4. The van der Waals surface area contributed by atoms with E-state index in [0.29, 0.717) is 18.5 Å². The predicted molar refractivity (Wildman–Crippen MR) is 82.1 cm³/mol. The summed E-state index contributed by atoms with van der Waals surface area (Å²) in [5.74, 6) is -1.58. The molecule has 6 nitrogen and oxygen atoms in total. The van der Waals surface area contributed by atoms with E-state index in [2.05, 4.69) is 10.6 Å². The normalized spacial score (nSPS) is 11.5. The average molecular weight is 306 g/mol. The third-order valence-electron chi connectivity index (χ3n) is 3.07. The van der Waals surface area contributed by atoms with Crippen LogP contribution in [0.2, 0.25) is 0 Å². The summed E-state index contributed by atoms with van der Waals surface area (Å²) in [4.78, 5) is 34.5. The Morgan fingerprint density at radius 2 is 1.73 bits per heavy atom. The maximum Gasteiger partial charge on any atom is 0.330 e. The molecule has 1 unspecified atom stereocenters. The number of hydrogen-bond donors (Lipinski definition) is 3. The maximum absolute atomic E-state index is 11.8. The van der Waals surface area contributed by atoms with Crippen LogP contribution in [-0.4, -0.2) is 29.4 Å². The first-order chi connectivity index (χ1) is 10.5. The van der Waals surface area contributed by atoms with Crippen LogP contribution < -0.4 is 10.6 Å². The molecule has 1 aromatic carbocycles. The van der Waals surface area contributed by atoms with Crippen molar-refractivity contribution in [2.75, 3.05) is 6.54 Å². The summed E-state index contributed by atoms with van der Waals surface area (Å²) in [6.45, 7) is 2.59. The molecule has 1 aromatic rings. The Labute approximate surface area is 129 Å². The number of carbonyl (C=O) groups is 3. The molecule has 0 bridgehead atoms. The molecular weight excluding hydrogens is 284 g/mol. The smallest absolute Gasteiger partial charge is 0.330 e. The van der Waals surface area contributed by atoms with Crippen LogP contribution in [0.25, 0.3) is 0 Å². The molecule has 0 spiro atoms. The monoisotopic (exact) mass is 306 g/mol. The van der Waals surface area contributed by atoms with E-state index in [9.17, 15) is 19.5 Å². The van der Waals surface area contributed by atoms with Gasteiger partial charge in [-0.3, -0.25) is 9.59 Å². The lowest BCUT2D eigenvalue weighted by Crippen LogP contribution is -2.33. The highest BCUT2D eigenvalue weighted by atomic mass is 16.4. The summed E-state index contributed by atoms with van der Waals surface area (Å²) < 4.78 is 0. The highest BCUT2D eigenvalue weighted by Gasteiger charge is 2.21. The van der Waals surface area contributed by atoms with Crippen LogP contribution in [0.15, 0.2) is 30.3 Å². The van der Waals surface area contributed by atoms with Gasteiger partial charge < -0.3 is 15.7 Å². The van der Waals surface area contributed by atoms with E-state index in [1.165, 1.54) is 0 Å². The van der Waals surface area contributed by atoms with Crippen LogP contribution >= 0.6 is 0 Å². The van der Waals surface area contributed by atoms with Crippen molar-refractivity contribution in [3.8, 4) is 0 Å². The molecule has 0 saturated carbocycles. The largest absolute Gasteiger partial charge is 0.479 e. The van der Waals surface area contributed by atoms with Crippen LogP contribution in [0.1, 0.15) is 44.2 Å². The molecule has 6 heteroatoms. The van der Waals surface area contributed by atoms with Gasteiger partial charge in [0.2, 0.25) is 11.8 Å². The van der Waals surface area contributed by atoms with Gasteiger partial charge in [0, 0.05) is 19.4 Å². The van der Waals surface area contributed by atoms with Crippen molar-refractivity contribution < 1.29 is 19.5 Å². The SMILES string of the molecule is CCCNC(=O)CCCC(=O)NC(C(=O)O)c1ccccc1. The zero-order chi connectivity index (χ0) is 16.4. The fourth-order valence-corrected chi connectivity index (χ4v) is 1.93. The quantitative estimate of drug-likeness (QED) is 0.646. The summed E-state index contributed by atoms with van der Waals surface area (Å²) in [6, 6.07) is 7.45. The van der Waals surface area contributed by atoms with Crippen LogP contribution in [0, 0.1) is 0 Å². The Morgan fingerprint density at radius 1 is 1.09 bits per heavy atom. The molecule has 3 N–H and O–H groups in total. The van der Waals surface area contributed by atoms with Gasteiger partial charge in [0.05, 0.1) is 0 Å². The van der Waals surface area contributed by atoms with E-state index in [-0.39, 0.29) is 24.7 Å². The second-order valence-corrected chi connectivity index (χ2v) is 4.95. The minimum absolute atomic E-state index is 0.0903.